The molecule has 0 aliphatic heterocycles. The average Bonchev–Trinajstić information content (AvgIpc) is 2.74. The zero-order valence-corrected chi connectivity index (χ0v) is 15.6. The predicted molar refractivity (Wildman–Crippen MR) is 113 cm³/mol. The van der Waals surface area contributed by atoms with E-state index in [1.165, 1.54) is 11.1 Å². The van der Waals surface area contributed by atoms with Crippen LogP contribution < -0.4 is 5.32 Å². The number of nitrogens with one attached hydrogen (secondary N) is 1. The third-order valence-electron chi connectivity index (χ3n) is 4.57. The number of carbonyl (C=O) groups excluding carboxylic acids is 1. The SMILES string of the molecule is CCC(=O)N[C@H](C/C(=C/c1ccccc1)c1ccccc1)c1ccccc1. The number of benzene rings is 3. The lowest BCUT2D eigenvalue weighted by atomic mass is 9.92. The molecule has 0 heterocycles. The van der Waals surface area contributed by atoms with Crippen molar-refractivity contribution in [2.45, 2.75) is 25.8 Å². The average molecular weight is 355 g/mol. The van der Waals surface area contributed by atoms with Crippen LogP contribution in [0.3, 0.4) is 0 Å². The Bertz CT molecular complexity index is 870. The van der Waals surface area contributed by atoms with Crippen LogP contribution in [0.1, 0.15) is 42.5 Å². The van der Waals surface area contributed by atoms with E-state index in [0.29, 0.717) is 6.42 Å². The highest BCUT2D eigenvalue weighted by atomic mass is 16.1. The minimum Gasteiger partial charge on any atom is -0.349 e. The second kappa shape index (κ2) is 9.54. The van der Waals surface area contributed by atoms with Gasteiger partial charge in [-0.15, -0.1) is 0 Å². The standard InChI is InChI=1S/C25H25NO/c1-2-25(27)26-24(22-16-10-5-11-17-22)19-23(21-14-8-4-9-15-21)18-20-12-6-3-7-13-20/h3-18,24H,2,19H2,1H3,(H,26,27)/b23-18-/t24-/m1/s1. The summed E-state index contributed by atoms with van der Waals surface area (Å²) in [7, 11) is 0. The van der Waals surface area contributed by atoms with Crippen molar-refractivity contribution in [1.29, 1.82) is 0 Å². The van der Waals surface area contributed by atoms with Gasteiger partial charge < -0.3 is 5.32 Å². The topological polar surface area (TPSA) is 29.1 Å². The van der Waals surface area contributed by atoms with Crippen molar-refractivity contribution in [2.75, 3.05) is 0 Å². The molecule has 0 bridgehead atoms. The number of amides is 1. The van der Waals surface area contributed by atoms with Gasteiger partial charge in [0.05, 0.1) is 6.04 Å². The molecule has 2 heteroatoms. The first-order valence-corrected chi connectivity index (χ1v) is 9.41. The van der Waals surface area contributed by atoms with Crippen LogP contribution in [0.25, 0.3) is 11.6 Å². The first kappa shape index (κ1) is 18.7. The summed E-state index contributed by atoms with van der Waals surface area (Å²) in [5, 5.41) is 3.19. The summed E-state index contributed by atoms with van der Waals surface area (Å²) < 4.78 is 0. The normalized spacial score (nSPS) is 12.4. The van der Waals surface area contributed by atoms with Gasteiger partial charge in [-0.3, -0.25) is 4.79 Å². The van der Waals surface area contributed by atoms with Crippen molar-refractivity contribution < 1.29 is 4.79 Å². The maximum atomic E-state index is 12.1. The van der Waals surface area contributed by atoms with Crippen LogP contribution >= 0.6 is 0 Å². The van der Waals surface area contributed by atoms with Crippen molar-refractivity contribution in [3.63, 3.8) is 0 Å². The highest BCUT2D eigenvalue weighted by Gasteiger charge is 2.16. The van der Waals surface area contributed by atoms with Crippen molar-refractivity contribution in [2.24, 2.45) is 0 Å². The maximum absolute atomic E-state index is 12.1. The molecular weight excluding hydrogens is 330 g/mol. The fourth-order valence-corrected chi connectivity index (χ4v) is 3.12. The molecule has 2 nitrogen and oxygen atoms in total. The van der Waals surface area contributed by atoms with E-state index in [2.05, 4.69) is 59.9 Å². The molecule has 3 rings (SSSR count). The third-order valence-corrected chi connectivity index (χ3v) is 4.57. The van der Waals surface area contributed by atoms with Crippen molar-refractivity contribution in [3.8, 4) is 0 Å². The van der Waals surface area contributed by atoms with Gasteiger partial charge in [-0.2, -0.15) is 0 Å². The molecule has 1 atom stereocenters. The maximum Gasteiger partial charge on any atom is 0.220 e. The second-order valence-electron chi connectivity index (χ2n) is 6.53. The highest BCUT2D eigenvalue weighted by molar-refractivity contribution is 5.82. The van der Waals surface area contributed by atoms with E-state index in [9.17, 15) is 4.79 Å². The molecule has 1 amide bonds. The lowest BCUT2D eigenvalue weighted by Gasteiger charge is -2.21. The van der Waals surface area contributed by atoms with Gasteiger partial charge in [0.2, 0.25) is 5.91 Å². The van der Waals surface area contributed by atoms with E-state index in [0.717, 1.165) is 17.5 Å². The Morgan fingerprint density at radius 1 is 0.852 bits per heavy atom. The summed E-state index contributed by atoms with van der Waals surface area (Å²) in [6.07, 6.45) is 3.42. The van der Waals surface area contributed by atoms with Crippen molar-refractivity contribution >= 4 is 17.6 Å². The number of hydrogen-bond donors (Lipinski definition) is 1. The van der Waals surface area contributed by atoms with E-state index in [1.54, 1.807) is 0 Å². The van der Waals surface area contributed by atoms with E-state index >= 15 is 0 Å². The number of hydrogen-bond acceptors (Lipinski definition) is 1. The largest absolute Gasteiger partial charge is 0.349 e. The molecule has 0 aliphatic rings. The minimum absolute atomic E-state index is 0.0613. The highest BCUT2D eigenvalue weighted by Crippen LogP contribution is 2.29. The zero-order valence-electron chi connectivity index (χ0n) is 15.6. The smallest absolute Gasteiger partial charge is 0.220 e. The monoisotopic (exact) mass is 355 g/mol. The van der Waals surface area contributed by atoms with Crippen LogP contribution in [0.5, 0.6) is 0 Å². The molecular formula is C25H25NO. The summed E-state index contributed by atoms with van der Waals surface area (Å²) in [6.45, 7) is 1.88. The molecule has 27 heavy (non-hydrogen) atoms. The van der Waals surface area contributed by atoms with Gasteiger partial charge in [0.1, 0.15) is 0 Å². The van der Waals surface area contributed by atoms with E-state index in [1.807, 2.05) is 49.4 Å². The first-order valence-electron chi connectivity index (χ1n) is 9.41. The Hall–Kier alpha value is -3.13. The Labute approximate surface area is 161 Å². The Morgan fingerprint density at radius 3 is 2.00 bits per heavy atom. The molecule has 0 spiro atoms. The summed E-state index contributed by atoms with van der Waals surface area (Å²) in [5.41, 5.74) is 4.65. The minimum atomic E-state index is -0.0613. The van der Waals surface area contributed by atoms with Gasteiger partial charge in [0.15, 0.2) is 0 Å². The van der Waals surface area contributed by atoms with E-state index in [4.69, 9.17) is 0 Å². The molecule has 3 aromatic rings. The zero-order chi connectivity index (χ0) is 18.9. The quantitative estimate of drug-likeness (QED) is 0.526. The van der Waals surface area contributed by atoms with Gasteiger partial charge in [0, 0.05) is 6.42 Å². The molecule has 0 radical (unpaired) electrons. The van der Waals surface area contributed by atoms with Crippen LogP contribution in [0.15, 0.2) is 91.0 Å². The van der Waals surface area contributed by atoms with Gasteiger partial charge in [-0.25, -0.2) is 0 Å². The van der Waals surface area contributed by atoms with Gasteiger partial charge >= 0.3 is 0 Å². The summed E-state index contributed by atoms with van der Waals surface area (Å²) >= 11 is 0. The molecule has 0 saturated heterocycles. The predicted octanol–water partition coefficient (Wildman–Crippen LogP) is 5.88. The number of carbonyl (C=O) groups is 1. The number of rotatable bonds is 7. The van der Waals surface area contributed by atoms with Crippen LogP contribution in [0.4, 0.5) is 0 Å². The van der Waals surface area contributed by atoms with E-state index < -0.39 is 0 Å². The van der Waals surface area contributed by atoms with Gasteiger partial charge in [-0.1, -0.05) is 104 Å². The molecule has 0 aromatic heterocycles. The fourth-order valence-electron chi connectivity index (χ4n) is 3.12. The molecule has 0 unspecified atom stereocenters. The molecule has 0 aliphatic carbocycles. The van der Waals surface area contributed by atoms with Crippen LogP contribution in [0.2, 0.25) is 0 Å². The summed E-state index contributed by atoms with van der Waals surface area (Å²) in [4.78, 5) is 12.1. The molecule has 3 aromatic carbocycles. The van der Waals surface area contributed by atoms with Crippen LogP contribution in [-0.2, 0) is 4.79 Å². The van der Waals surface area contributed by atoms with Crippen LogP contribution in [0, 0.1) is 0 Å². The Balaban J connectivity index is 1.97. The molecule has 1 N–H and O–H groups in total. The molecule has 0 fully saturated rings. The van der Waals surface area contributed by atoms with Crippen LogP contribution in [-0.4, -0.2) is 5.91 Å². The Kier molecular flexibility index (Phi) is 6.59. The lowest BCUT2D eigenvalue weighted by molar-refractivity contribution is -0.121. The van der Waals surface area contributed by atoms with Crippen molar-refractivity contribution in [1.82, 2.24) is 5.32 Å². The third kappa shape index (κ3) is 5.42. The van der Waals surface area contributed by atoms with Crippen molar-refractivity contribution in [3.05, 3.63) is 108 Å². The summed E-state index contributed by atoms with van der Waals surface area (Å²) in [5.74, 6) is 0.0657. The van der Waals surface area contributed by atoms with Gasteiger partial charge in [0.25, 0.3) is 0 Å². The van der Waals surface area contributed by atoms with E-state index in [-0.39, 0.29) is 11.9 Å². The summed E-state index contributed by atoms with van der Waals surface area (Å²) in [6, 6.07) is 30.8. The first-order chi connectivity index (χ1) is 13.3. The Morgan fingerprint density at radius 2 is 1.41 bits per heavy atom. The lowest BCUT2D eigenvalue weighted by Crippen LogP contribution is -2.28. The molecule has 136 valence electrons. The fraction of sp³-hybridized carbons (Fsp3) is 0.160. The van der Waals surface area contributed by atoms with Gasteiger partial charge in [-0.05, 0) is 28.7 Å². The molecule has 0 saturated carbocycles. The second-order valence-corrected chi connectivity index (χ2v) is 6.53.